The summed E-state index contributed by atoms with van der Waals surface area (Å²) in [6.45, 7) is 2.60. The number of H-pyrrole nitrogens is 1. The molecule has 3 rings (SSSR count). The van der Waals surface area contributed by atoms with E-state index in [-0.39, 0.29) is 10.9 Å². The van der Waals surface area contributed by atoms with Crippen molar-refractivity contribution in [2.75, 3.05) is 13.2 Å². The van der Waals surface area contributed by atoms with Gasteiger partial charge in [0.2, 0.25) is 10.0 Å². The Morgan fingerprint density at radius 2 is 2.14 bits per heavy atom. The fourth-order valence-electron chi connectivity index (χ4n) is 2.73. The molecule has 0 bridgehead atoms. The lowest BCUT2D eigenvalue weighted by atomic mass is 10.2. The van der Waals surface area contributed by atoms with Gasteiger partial charge in [-0.05, 0) is 31.9 Å². The first kappa shape index (κ1) is 15.1. The predicted octanol–water partition coefficient (Wildman–Crippen LogP) is 1.95. The summed E-state index contributed by atoms with van der Waals surface area (Å²) in [4.78, 5) is 0.249. The van der Waals surface area contributed by atoms with Crippen molar-refractivity contribution in [3.8, 4) is 5.75 Å². The molecular weight excluding hydrogens is 302 g/mol. The number of aromatic amines is 1. The van der Waals surface area contributed by atoms with Crippen molar-refractivity contribution >= 4 is 10.0 Å². The molecule has 1 aromatic carbocycles. The van der Waals surface area contributed by atoms with Crippen LogP contribution in [0, 0.1) is 6.92 Å². The lowest BCUT2D eigenvalue weighted by Crippen LogP contribution is -2.39. The number of rotatable bonds is 5. The normalized spacial score (nSPS) is 19.4. The van der Waals surface area contributed by atoms with Crippen LogP contribution < -0.4 is 4.74 Å². The van der Waals surface area contributed by atoms with E-state index in [0.29, 0.717) is 18.8 Å². The average Bonchev–Trinajstić information content (AvgIpc) is 3.15. The molecule has 1 atom stereocenters. The molecule has 1 fully saturated rings. The highest BCUT2D eigenvalue weighted by Gasteiger charge is 2.37. The van der Waals surface area contributed by atoms with E-state index in [0.717, 1.165) is 18.6 Å². The highest BCUT2D eigenvalue weighted by Crippen LogP contribution is 2.27. The standard InChI is InChI=1S/C15H19N3O3S/c1-12-15(10-16-17-12)22(19,20)18-9-5-6-13(18)11-21-14-7-3-2-4-8-14/h2-4,7-8,10,13H,5-6,9,11H2,1H3,(H,16,17)/t13-/m1/s1. The van der Waals surface area contributed by atoms with Gasteiger partial charge in [-0.15, -0.1) is 0 Å². The number of nitrogens with one attached hydrogen (secondary N) is 1. The lowest BCUT2D eigenvalue weighted by molar-refractivity contribution is 0.232. The van der Waals surface area contributed by atoms with E-state index in [1.165, 1.54) is 10.5 Å². The fourth-order valence-corrected chi connectivity index (χ4v) is 4.53. The summed E-state index contributed by atoms with van der Waals surface area (Å²) in [5.41, 5.74) is 0.564. The number of hydrogen-bond donors (Lipinski definition) is 1. The molecule has 0 saturated carbocycles. The maximum Gasteiger partial charge on any atom is 0.246 e. The van der Waals surface area contributed by atoms with Gasteiger partial charge in [0.25, 0.3) is 0 Å². The van der Waals surface area contributed by atoms with Crippen LogP contribution in [0.15, 0.2) is 41.4 Å². The van der Waals surface area contributed by atoms with Gasteiger partial charge < -0.3 is 4.74 Å². The Kier molecular flexibility index (Phi) is 4.17. The second-order valence-corrected chi connectivity index (χ2v) is 7.25. The van der Waals surface area contributed by atoms with Gasteiger partial charge in [-0.3, -0.25) is 5.10 Å². The number of para-hydroxylation sites is 1. The van der Waals surface area contributed by atoms with Gasteiger partial charge in [-0.2, -0.15) is 9.40 Å². The molecule has 0 amide bonds. The molecule has 0 aliphatic carbocycles. The molecule has 1 saturated heterocycles. The van der Waals surface area contributed by atoms with Crippen LogP contribution in [0.3, 0.4) is 0 Å². The van der Waals surface area contributed by atoms with Gasteiger partial charge >= 0.3 is 0 Å². The monoisotopic (exact) mass is 321 g/mol. The molecule has 2 heterocycles. The molecule has 0 unspecified atom stereocenters. The Bertz CT molecular complexity index is 728. The Morgan fingerprint density at radius 3 is 2.82 bits per heavy atom. The fraction of sp³-hybridized carbons (Fsp3) is 0.400. The van der Waals surface area contributed by atoms with E-state index in [2.05, 4.69) is 10.2 Å². The number of aromatic nitrogens is 2. The highest BCUT2D eigenvalue weighted by atomic mass is 32.2. The first-order valence-corrected chi connectivity index (χ1v) is 8.72. The summed E-state index contributed by atoms with van der Waals surface area (Å²) < 4.78 is 32.8. The van der Waals surface area contributed by atoms with Crippen LogP contribution in [-0.2, 0) is 10.0 Å². The third kappa shape index (κ3) is 2.86. The summed E-state index contributed by atoms with van der Waals surface area (Å²) >= 11 is 0. The molecule has 6 nitrogen and oxygen atoms in total. The summed E-state index contributed by atoms with van der Waals surface area (Å²) in [5, 5.41) is 6.50. The Labute approximate surface area is 130 Å². The molecule has 1 aliphatic heterocycles. The predicted molar refractivity (Wildman–Crippen MR) is 82.2 cm³/mol. The van der Waals surface area contributed by atoms with Crippen molar-refractivity contribution in [2.45, 2.75) is 30.7 Å². The first-order valence-electron chi connectivity index (χ1n) is 7.28. The number of hydrogen-bond acceptors (Lipinski definition) is 4. The molecule has 7 heteroatoms. The quantitative estimate of drug-likeness (QED) is 0.913. The van der Waals surface area contributed by atoms with Crippen molar-refractivity contribution < 1.29 is 13.2 Å². The minimum absolute atomic E-state index is 0.139. The van der Waals surface area contributed by atoms with Crippen LogP contribution in [0.1, 0.15) is 18.5 Å². The molecule has 118 valence electrons. The molecule has 22 heavy (non-hydrogen) atoms. The SMILES string of the molecule is Cc1[nH]ncc1S(=O)(=O)N1CCC[C@@H]1COc1ccccc1. The molecule has 1 aliphatic rings. The van der Waals surface area contributed by atoms with Gasteiger partial charge in [0.05, 0.1) is 17.9 Å². The van der Waals surface area contributed by atoms with Gasteiger partial charge in [0.15, 0.2) is 0 Å². The van der Waals surface area contributed by atoms with Crippen LogP contribution in [0.2, 0.25) is 0 Å². The number of ether oxygens (including phenoxy) is 1. The lowest BCUT2D eigenvalue weighted by Gasteiger charge is -2.23. The summed E-state index contributed by atoms with van der Waals surface area (Å²) in [7, 11) is -3.52. The number of sulfonamides is 1. The Hall–Kier alpha value is -1.86. The van der Waals surface area contributed by atoms with E-state index in [1.54, 1.807) is 6.92 Å². The van der Waals surface area contributed by atoms with E-state index >= 15 is 0 Å². The van der Waals surface area contributed by atoms with Crippen LogP contribution in [-0.4, -0.2) is 42.1 Å². The van der Waals surface area contributed by atoms with E-state index in [1.807, 2.05) is 30.3 Å². The largest absolute Gasteiger partial charge is 0.492 e. The number of benzene rings is 1. The molecule has 0 spiro atoms. The van der Waals surface area contributed by atoms with Crippen molar-refractivity contribution in [1.82, 2.24) is 14.5 Å². The topological polar surface area (TPSA) is 75.3 Å². The second-order valence-electron chi connectivity index (χ2n) is 5.40. The summed E-state index contributed by atoms with van der Waals surface area (Å²) in [6, 6.07) is 9.31. The Balaban J connectivity index is 1.74. The molecule has 0 radical (unpaired) electrons. The molecular formula is C15H19N3O3S. The van der Waals surface area contributed by atoms with Crippen LogP contribution in [0.25, 0.3) is 0 Å². The second kappa shape index (κ2) is 6.10. The highest BCUT2D eigenvalue weighted by molar-refractivity contribution is 7.89. The molecule has 1 aromatic heterocycles. The maximum atomic E-state index is 12.7. The molecule has 2 aromatic rings. The maximum absolute atomic E-state index is 12.7. The minimum Gasteiger partial charge on any atom is -0.492 e. The van der Waals surface area contributed by atoms with Gasteiger partial charge in [0, 0.05) is 6.54 Å². The van der Waals surface area contributed by atoms with Gasteiger partial charge in [0.1, 0.15) is 17.3 Å². The summed E-state index contributed by atoms with van der Waals surface area (Å²) in [6.07, 6.45) is 3.03. The zero-order chi connectivity index (χ0) is 15.6. The van der Waals surface area contributed by atoms with Crippen molar-refractivity contribution in [2.24, 2.45) is 0 Å². The van der Waals surface area contributed by atoms with Gasteiger partial charge in [-0.25, -0.2) is 8.42 Å². The third-order valence-corrected chi connectivity index (χ3v) is 5.94. The smallest absolute Gasteiger partial charge is 0.246 e. The van der Waals surface area contributed by atoms with Gasteiger partial charge in [-0.1, -0.05) is 18.2 Å². The third-order valence-electron chi connectivity index (χ3n) is 3.88. The number of aryl methyl sites for hydroxylation is 1. The van der Waals surface area contributed by atoms with Crippen LogP contribution in [0.5, 0.6) is 5.75 Å². The molecule has 1 N–H and O–H groups in total. The van der Waals surface area contributed by atoms with Crippen LogP contribution in [0.4, 0.5) is 0 Å². The van der Waals surface area contributed by atoms with Crippen LogP contribution >= 0.6 is 0 Å². The summed E-state index contributed by atoms with van der Waals surface area (Å²) in [5.74, 6) is 0.756. The Morgan fingerprint density at radius 1 is 1.36 bits per heavy atom. The van der Waals surface area contributed by atoms with E-state index in [4.69, 9.17) is 4.74 Å². The zero-order valence-corrected chi connectivity index (χ0v) is 13.2. The van der Waals surface area contributed by atoms with E-state index in [9.17, 15) is 8.42 Å². The first-order chi connectivity index (χ1) is 10.6. The number of nitrogens with zero attached hydrogens (tertiary/aromatic N) is 2. The zero-order valence-electron chi connectivity index (χ0n) is 12.4. The van der Waals surface area contributed by atoms with Crippen molar-refractivity contribution in [3.05, 3.63) is 42.2 Å². The van der Waals surface area contributed by atoms with Crippen molar-refractivity contribution in [3.63, 3.8) is 0 Å². The minimum atomic E-state index is -3.52. The average molecular weight is 321 g/mol. The van der Waals surface area contributed by atoms with Crippen molar-refractivity contribution in [1.29, 1.82) is 0 Å². The van der Waals surface area contributed by atoms with E-state index < -0.39 is 10.0 Å².